The molecule has 1 saturated heterocycles. The van der Waals surface area contributed by atoms with E-state index in [0.29, 0.717) is 0 Å². The van der Waals surface area contributed by atoms with E-state index in [-0.39, 0.29) is 12.6 Å². The topological polar surface area (TPSA) is 46.0 Å². The minimum atomic E-state index is -0.241. The molecule has 5 rings (SSSR count). The molecule has 0 bridgehead atoms. The van der Waals surface area contributed by atoms with Gasteiger partial charge in [0.2, 0.25) is 6.79 Å². The van der Waals surface area contributed by atoms with Crippen molar-refractivity contribution in [1.29, 1.82) is 0 Å². The first-order valence-electron chi connectivity index (χ1n) is 11.9. The van der Waals surface area contributed by atoms with Gasteiger partial charge in [-0.05, 0) is 62.5 Å². The molecule has 3 heterocycles. The summed E-state index contributed by atoms with van der Waals surface area (Å²) in [6, 6.07) is 12.8. The molecule has 0 saturated carbocycles. The van der Waals surface area contributed by atoms with Crippen LogP contribution in [0.1, 0.15) is 23.7 Å². The highest BCUT2D eigenvalue weighted by Crippen LogP contribution is 2.34. The fourth-order valence-corrected chi connectivity index (χ4v) is 4.64. The zero-order chi connectivity index (χ0) is 23.7. The van der Waals surface area contributed by atoms with Gasteiger partial charge in [0.05, 0.1) is 11.4 Å². The highest BCUT2D eigenvalue weighted by atomic mass is 19.1. The molecule has 2 aliphatic heterocycles. The van der Waals surface area contributed by atoms with E-state index in [0.717, 1.165) is 74.5 Å². The second-order valence-corrected chi connectivity index (χ2v) is 9.06. The molecule has 1 fully saturated rings. The molecule has 0 unspecified atom stereocenters. The van der Waals surface area contributed by atoms with Crippen LogP contribution < -0.4 is 14.4 Å². The van der Waals surface area contributed by atoms with Gasteiger partial charge in [0.1, 0.15) is 11.6 Å². The normalized spacial score (nSPS) is 16.0. The number of aromatic nitrogens is 2. The van der Waals surface area contributed by atoms with Crippen molar-refractivity contribution < 1.29 is 13.9 Å². The fourth-order valence-electron chi connectivity index (χ4n) is 4.64. The number of aryl methyl sites for hydroxylation is 1. The molecular weight excluding hydrogens is 433 g/mol. The summed E-state index contributed by atoms with van der Waals surface area (Å²) in [4.78, 5) is 7.18. The number of anilines is 1. The van der Waals surface area contributed by atoms with Crippen molar-refractivity contribution in [3.8, 4) is 17.2 Å². The molecular formula is C26H32FN5O2. The van der Waals surface area contributed by atoms with Crippen LogP contribution in [0.4, 0.5) is 10.2 Å². The molecule has 34 heavy (non-hydrogen) atoms. The Bertz CT molecular complexity index is 1140. The Hall–Kier alpha value is -3.10. The zero-order valence-corrected chi connectivity index (χ0v) is 20.1. The third-order valence-electron chi connectivity index (χ3n) is 6.70. The third-order valence-corrected chi connectivity index (χ3v) is 6.70. The molecule has 8 heteroatoms. The lowest BCUT2D eigenvalue weighted by Crippen LogP contribution is -2.45. The predicted octanol–water partition coefficient (Wildman–Crippen LogP) is 3.82. The quantitative estimate of drug-likeness (QED) is 0.529. The number of nitrogens with zero attached hydrogens (tertiary/aromatic N) is 5. The maximum atomic E-state index is 13.6. The average Bonchev–Trinajstić information content (AvgIpc) is 3.44. The van der Waals surface area contributed by atoms with Crippen LogP contribution in [-0.2, 0) is 13.1 Å². The van der Waals surface area contributed by atoms with Crippen LogP contribution in [0.15, 0.2) is 42.5 Å². The Labute approximate surface area is 200 Å². The van der Waals surface area contributed by atoms with Crippen molar-refractivity contribution in [2.24, 2.45) is 0 Å². The summed E-state index contributed by atoms with van der Waals surface area (Å²) in [6.45, 7) is 10.9. The Morgan fingerprint density at radius 3 is 2.44 bits per heavy atom. The number of piperazine rings is 1. The summed E-state index contributed by atoms with van der Waals surface area (Å²) >= 11 is 0. The molecule has 0 spiro atoms. The number of hydrogen-bond acceptors (Lipinski definition) is 6. The predicted molar refractivity (Wildman–Crippen MR) is 130 cm³/mol. The smallest absolute Gasteiger partial charge is 0.231 e. The van der Waals surface area contributed by atoms with E-state index in [1.54, 1.807) is 12.1 Å². The third kappa shape index (κ3) is 4.60. The molecule has 2 aliphatic rings. The van der Waals surface area contributed by atoms with Crippen molar-refractivity contribution in [3.63, 3.8) is 0 Å². The highest BCUT2D eigenvalue weighted by Gasteiger charge is 2.26. The summed E-state index contributed by atoms with van der Waals surface area (Å²) in [6.07, 6.45) is 0. The van der Waals surface area contributed by atoms with Crippen LogP contribution in [0.25, 0.3) is 5.69 Å². The Morgan fingerprint density at radius 1 is 0.971 bits per heavy atom. The summed E-state index contributed by atoms with van der Waals surface area (Å²) < 4.78 is 26.6. The van der Waals surface area contributed by atoms with E-state index in [4.69, 9.17) is 14.6 Å². The van der Waals surface area contributed by atoms with E-state index in [9.17, 15) is 4.39 Å². The molecule has 7 nitrogen and oxygen atoms in total. The first-order valence-corrected chi connectivity index (χ1v) is 11.9. The van der Waals surface area contributed by atoms with Gasteiger partial charge in [-0.15, -0.1) is 0 Å². The number of hydrogen-bond donors (Lipinski definition) is 0. The van der Waals surface area contributed by atoms with Crippen LogP contribution in [0, 0.1) is 12.7 Å². The van der Waals surface area contributed by atoms with Crippen LogP contribution in [0.2, 0.25) is 0 Å². The average molecular weight is 466 g/mol. The minimum absolute atomic E-state index is 0.241. The molecule has 2 aromatic carbocycles. The molecule has 0 radical (unpaired) electrons. The number of ether oxygens (including phenoxy) is 2. The van der Waals surface area contributed by atoms with Gasteiger partial charge in [-0.1, -0.05) is 13.0 Å². The molecule has 0 amide bonds. The van der Waals surface area contributed by atoms with Crippen LogP contribution >= 0.6 is 0 Å². The van der Waals surface area contributed by atoms with Gasteiger partial charge in [-0.3, -0.25) is 4.90 Å². The number of benzene rings is 2. The molecule has 180 valence electrons. The molecule has 0 atom stereocenters. The summed E-state index contributed by atoms with van der Waals surface area (Å²) in [5, 5.41) is 4.92. The van der Waals surface area contributed by atoms with Gasteiger partial charge in [0, 0.05) is 44.8 Å². The van der Waals surface area contributed by atoms with Gasteiger partial charge >= 0.3 is 0 Å². The standard InChI is InChI=1S/C26H32FN5O2/c1-4-30(16-20-5-10-24-25(15-20)34-18-33-24)17-23-19(2)28-32(22-8-6-21(27)7-9-22)26(23)31-13-11-29(3)12-14-31/h5-10,15H,4,11-14,16-18H2,1-3H3. The second kappa shape index (κ2) is 9.64. The summed E-state index contributed by atoms with van der Waals surface area (Å²) in [5.74, 6) is 2.49. The minimum Gasteiger partial charge on any atom is -0.454 e. The van der Waals surface area contributed by atoms with E-state index < -0.39 is 0 Å². The lowest BCUT2D eigenvalue weighted by Gasteiger charge is -2.35. The van der Waals surface area contributed by atoms with E-state index in [1.165, 1.54) is 23.3 Å². The Kier molecular flexibility index (Phi) is 6.43. The molecule has 1 aromatic heterocycles. The summed E-state index contributed by atoms with van der Waals surface area (Å²) in [5.41, 5.74) is 4.29. The zero-order valence-electron chi connectivity index (χ0n) is 20.1. The van der Waals surface area contributed by atoms with Gasteiger partial charge in [0.25, 0.3) is 0 Å². The van der Waals surface area contributed by atoms with Crippen LogP contribution in [0.5, 0.6) is 11.5 Å². The van der Waals surface area contributed by atoms with Crippen LogP contribution in [0.3, 0.4) is 0 Å². The number of fused-ring (bicyclic) bond motifs is 1. The van der Waals surface area contributed by atoms with E-state index in [2.05, 4.69) is 47.7 Å². The van der Waals surface area contributed by atoms with Gasteiger partial charge in [-0.2, -0.15) is 5.10 Å². The van der Waals surface area contributed by atoms with Crippen LogP contribution in [-0.4, -0.2) is 66.1 Å². The fraction of sp³-hybridized carbons (Fsp3) is 0.423. The number of rotatable bonds is 7. The first kappa shape index (κ1) is 22.7. The van der Waals surface area contributed by atoms with Crippen molar-refractivity contribution in [2.75, 3.05) is 51.5 Å². The monoisotopic (exact) mass is 465 g/mol. The first-order chi connectivity index (χ1) is 16.5. The maximum absolute atomic E-state index is 13.6. The lowest BCUT2D eigenvalue weighted by molar-refractivity contribution is 0.174. The van der Waals surface area contributed by atoms with Gasteiger partial charge in [0.15, 0.2) is 11.5 Å². The van der Waals surface area contributed by atoms with Crippen molar-refractivity contribution in [2.45, 2.75) is 26.9 Å². The number of halogens is 1. The van der Waals surface area contributed by atoms with Crippen molar-refractivity contribution in [1.82, 2.24) is 19.6 Å². The SMILES string of the molecule is CCN(Cc1ccc2c(c1)OCO2)Cc1c(C)nn(-c2ccc(F)cc2)c1N1CCN(C)CC1. The van der Waals surface area contributed by atoms with E-state index in [1.807, 2.05) is 10.7 Å². The number of likely N-dealkylation sites (N-methyl/N-ethyl adjacent to an activating group) is 1. The van der Waals surface area contributed by atoms with Crippen molar-refractivity contribution >= 4 is 5.82 Å². The van der Waals surface area contributed by atoms with Gasteiger partial charge in [-0.25, -0.2) is 9.07 Å². The Morgan fingerprint density at radius 2 is 1.71 bits per heavy atom. The second-order valence-electron chi connectivity index (χ2n) is 9.06. The molecule has 3 aromatic rings. The maximum Gasteiger partial charge on any atom is 0.231 e. The Balaban J connectivity index is 1.46. The largest absolute Gasteiger partial charge is 0.454 e. The lowest BCUT2D eigenvalue weighted by atomic mass is 10.1. The van der Waals surface area contributed by atoms with Gasteiger partial charge < -0.3 is 19.3 Å². The summed E-state index contributed by atoms with van der Waals surface area (Å²) in [7, 11) is 2.16. The molecule has 0 N–H and O–H groups in total. The van der Waals surface area contributed by atoms with E-state index >= 15 is 0 Å². The highest BCUT2D eigenvalue weighted by molar-refractivity contribution is 5.56. The molecule has 0 aliphatic carbocycles. The van der Waals surface area contributed by atoms with Crippen molar-refractivity contribution in [3.05, 3.63) is 65.1 Å².